The Morgan fingerprint density at radius 2 is 1.83 bits per heavy atom. The van der Waals surface area contributed by atoms with Crippen molar-refractivity contribution in [1.82, 2.24) is 0 Å². The highest BCUT2D eigenvalue weighted by Gasteiger charge is 2.11. The Morgan fingerprint density at radius 3 is 2.50 bits per heavy atom. The van der Waals surface area contributed by atoms with Gasteiger partial charge in [-0.3, -0.25) is 0 Å². The predicted octanol–water partition coefficient (Wildman–Crippen LogP) is 4.53. The zero-order valence-electron chi connectivity index (χ0n) is 10.2. The number of halogens is 2. The first-order chi connectivity index (χ1) is 8.70. The van der Waals surface area contributed by atoms with E-state index in [4.69, 9.17) is 0 Å². The average molecular weight is 247 g/mol. The van der Waals surface area contributed by atoms with E-state index < -0.39 is 0 Å². The van der Waals surface area contributed by atoms with Crippen LogP contribution < -0.4 is 5.32 Å². The summed E-state index contributed by atoms with van der Waals surface area (Å²) < 4.78 is 26.7. The Bertz CT molecular complexity index is 525. The van der Waals surface area contributed by atoms with Crippen molar-refractivity contribution in [3.05, 3.63) is 65.7 Å². The van der Waals surface area contributed by atoms with Crippen LogP contribution in [0.4, 0.5) is 14.5 Å². The molecule has 0 saturated carbocycles. The van der Waals surface area contributed by atoms with Crippen LogP contribution in [0.25, 0.3) is 0 Å². The van der Waals surface area contributed by atoms with Gasteiger partial charge in [-0.15, -0.1) is 0 Å². The Morgan fingerprint density at radius 1 is 1.06 bits per heavy atom. The fourth-order valence-corrected chi connectivity index (χ4v) is 1.91. The number of nitrogens with one attached hydrogen (secondary N) is 1. The molecule has 1 N–H and O–H groups in total. The van der Waals surface area contributed by atoms with Crippen LogP contribution in [0.2, 0.25) is 0 Å². The minimum absolute atomic E-state index is 0.0994. The molecule has 1 atom stereocenters. The number of para-hydroxylation sites is 1. The van der Waals surface area contributed by atoms with E-state index in [9.17, 15) is 8.78 Å². The zero-order valence-corrected chi connectivity index (χ0v) is 10.2. The topological polar surface area (TPSA) is 12.0 Å². The molecule has 0 fully saturated rings. The minimum atomic E-state index is -0.299. The molecular formula is C15H15F2N. The van der Waals surface area contributed by atoms with Gasteiger partial charge in [0.25, 0.3) is 0 Å². The number of benzene rings is 2. The summed E-state index contributed by atoms with van der Waals surface area (Å²) in [5, 5.41) is 3.10. The Kier molecular flexibility index (Phi) is 3.92. The van der Waals surface area contributed by atoms with Crippen LogP contribution >= 0.6 is 0 Å². The van der Waals surface area contributed by atoms with Gasteiger partial charge in [0, 0.05) is 0 Å². The molecule has 0 aliphatic carbocycles. The first-order valence-electron chi connectivity index (χ1n) is 5.97. The van der Waals surface area contributed by atoms with Crippen molar-refractivity contribution in [2.24, 2.45) is 0 Å². The van der Waals surface area contributed by atoms with E-state index in [0.717, 1.165) is 12.0 Å². The van der Waals surface area contributed by atoms with Crippen molar-refractivity contribution in [3.63, 3.8) is 0 Å². The highest BCUT2D eigenvalue weighted by Crippen LogP contribution is 2.24. The van der Waals surface area contributed by atoms with Gasteiger partial charge in [-0.1, -0.05) is 31.2 Å². The summed E-state index contributed by atoms with van der Waals surface area (Å²) in [5.74, 6) is -0.575. The van der Waals surface area contributed by atoms with Crippen LogP contribution in [0.3, 0.4) is 0 Å². The van der Waals surface area contributed by atoms with Crippen molar-refractivity contribution < 1.29 is 8.78 Å². The standard InChI is InChI=1S/C15H15F2N/c1-2-14(11-6-5-7-12(16)10-11)18-15-9-4-3-8-13(15)17/h3-10,14,18H,2H2,1H3. The first kappa shape index (κ1) is 12.6. The molecule has 18 heavy (non-hydrogen) atoms. The van der Waals surface area contributed by atoms with E-state index in [-0.39, 0.29) is 17.7 Å². The van der Waals surface area contributed by atoms with Gasteiger partial charge in [0.2, 0.25) is 0 Å². The molecule has 94 valence electrons. The fraction of sp³-hybridized carbons (Fsp3) is 0.200. The highest BCUT2D eigenvalue weighted by atomic mass is 19.1. The summed E-state index contributed by atoms with van der Waals surface area (Å²) >= 11 is 0. The third kappa shape index (κ3) is 2.86. The second kappa shape index (κ2) is 5.63. The number of rotatable bonds is 4. The van der Waals surface area contributed by atoms with Gasteiger partial charge in [-0.2, -0.15) is 0 Å². The summed E-state index contributed by atoms with van der Waals surface area (Å²) in [6.07, 6.45) is 0.748. The summed E-state index contributed by atoms with van der Waals surface area (Å²) in [7, 11) is 0. The maximum Gasteiger partial charge on any atom is 0.146 e. The molecule has 0 aliphatic rings. The Balaban J connectivity index is 2.23. The quantitative estimate of drug-likeness (QED) is 0.837. The molecule has 2 rings (SSSR count). The maximum absolute atomic E-state index is 13.5. The summed E-state index contributed by atoms with van der Waals surface area (Å²) in [6.45, 7) is 1.98. The van der Waals surface area contributed by atoms with Crippen LogP contribution in [0.15, 0.2) is 48.5 Å². The van der Waals surface area contributed by atoms with Gasteiger partial charge >= 0.3 is 0 Å². The highest BCUT2D eigenvalue weighted by molar-refractivity contribution is 5.46. The van der Waals surface area contributed by atoms with Crippen molar-refractivity contribution in [1.29, 1.82) is 0 Å². The molecule has 0 spiro atoms. The van der Waals surface area contributed by atoms with Crippen LogP contribution in [-0.4, -0.2) is 0 Å². The SMILES string of the molecule is CCC(Nc1ccccc1F)c1cccc(F)c1. The average Bonchev–Trinajstić information content (AvgIpc) is 2.38. The second-order valence-corrected chi connectivity index (χ2v) is 4.14. The summed E-state index contributed by atoms with van der Waals surface area (Å²) in [5.41, 5.74) is 1.26. The van der Waals surface area contributed by atoms with Crippen molar-refractivity contribution in [2.75, 3.05) is 5.32 Å². The van der Waals surface area contributed by atoms with Crippen molar-refractivity contribution in [2.45, 2.75) is 19.4 Å². The second-order valence-electron chi connectivity index (χ2n) is 4.14. The van der Waals surface area contributed by atoms with E-state index in [2.05, 4.69) is 5.32 Å². The zero-order chi connectivity index (χ0) is 13.0. The maximum atomic E-state index is 13.5. The normalized spacial score (nSPS) is 12.2. The minimum Gasteiger partial charge on any atom is -0.376 e. The van der Waals surface area contributed by atoms with Gasteiger partial charge in [-0.05, 0) is 36.2 Å². The first-order valence-corrected chi connectivity index (χ1v) is 5.97. The van der Waals surface area contributed by atoms with Crippen molar-refractivity contribution >= 4 is 5.69 Å². The lowest BCUT2D eigenvalue weighted by molar-refractivity contribution is 0.615. The van der Waals surface area contributed by atoms with Crippen LogP contribution in [0.5, 0.6) is 0 Å². The Labute approximate surface area is 105 Å². The van der Waals surface area contributed by atoms with Crippen LogP contribution in [0, 0.1) is 11.6 Å². The largest absolute Gasteiger partial charge is 0.376 e. The molecule has 0 aromatic heterocycles. The van der Waals surface area contributed by atoms with Gasteiger partial charge in [0.1, 0.15) is 11.6 Å². The van der Waals surface area contributed by atoms with Crippen molar-refractivity contribution in [3.8, 4) is 0 Å². The molecule has 0 heterocycles. The van der Waals surface area contributed by atoms with Gasteiger partial charge in [0.05, 0.1) is 11.7 Å². The monoisotopic (exact) mass is 247 g/mol. The fourth-order valence-electron chi connectivity index (χ4n) is 1.91. The molecule has 0 amide bonds. The molecule has 0 bridgehead atoms. The van der Waals surface area contributed by atoms with E-state index in [0.29, 0.717) is 5.69 Å². The number of hydrogen-bond donors (Lipinski definition) is 1. The molecule has 2 aromatic carbocycles. The van der Waals surface area contributed by atoms with E-state index >= 15 is 0 Å². The predicted molar refractivity (Wildman–Crippen MR) is 69.5 cm³/mol. The molecule has 0 aliphatic heterocycles. The van der Waals surface area contributed by atoms with E-state index in [1.165, 1.54) is 18.2 Å². The lowest BCUT2D eigenvalue weighted by Gasteiger charge is -2.19. The van der Waals surface area contributed by atoms with Gasteiger partial charge in [-0.25, -0.2) is 8.78 Å². The number of anilines is 1. The van der Waals surface area contributed by atoms with Gasteiger partial charge < -0.3 is 5.32 Å². The molecule has 2 aromatic rings. The third-order valence-corrected chi connectivity index (χ3v) is 2.86. The lowest BCUT2D eigenvalue weighted by atomic mass is 10.0. The molecular weight excluding hydrogens is 232 g/mol. The van der Waals surface area contributed by atoms with Crippen LogP contribution in [-0.2, 0) is 0 Å². The lowest BCUT2D eigenvalue weighted by Crippen LogP contribution is -2.10. The van der Waals surface area contributed by atoms with Crippen LogP contribution in [0.1, 0.15) is 24.9 Å². The molecule has 0 radical (unpaired) electrons. The molecule has 3 heteroatoms. The molecule has 1 nitrogen and oxygen atoms in total. The Hall–Kier alpha value is -1.90. The molecule has 0 saturated heterocycles. The van der Waals surface area contributed by atoms with E-state index in [1.807, 2.05) is 13.0 Å². The molecule has 1 unspecified atom stereocenters. The summed E-state index contributed by atoms with van der Waals surface area (Å²) in [6, 6.07) is 12.8. The van der Waals surface area contributed by atoms with E-state index in [1.54, 1.807) is 24.3 Å². The smallest absolute Gasteiger partial charge is 0.146 e. The van der Waals surface area contributed by atoms with Gasteiger partial charge in [0.15, 0.2) is 0 Å². The number of hydrogen-bond acceptors (Lipinski definition) is 1. The summed E-state index contributed by atoms with van der Waals surface area (Å²) in [4.78, 5) is 0. The third-order valence-electron chi connectivity index (χ3n) is 2.86.